The summed E-state index contributed by atoms with van der Waals surface area (Å²) in [4.78, 5) is 11.3. The number of para-hydroxylation sites is 2. The lowest BCUT2D eigenvalue weighted by atomic mass is 10.2. The molecular formula is C15H16N2O. The standard InChI is InChI=1S/C15H16N2O/c1-15(12-18,16-13-8-4-2-5-9-13)17-14-10-6-3-7-11-14/h2-12,16-17H,1H3. The van der Waals surface area contributed by atoms with Gasteiger partial charge in [0, 0.05) is 11.4 Å². The molecule has 0 saturated carbocycles. The summed E-state index contributed by atoms with van der Waals surface area (Å²) in [6, 6.07) is 19.3. The predicted molar refractivity (Wildman–Crippen MR) is 74.6 cm³/mol. The molecule has 2 N–H and O–H groups in total. The maximum absolute atomic E-state index is 11.3. The summed E-state index contributed by atoms with van der Waals surface area (Å²) in [5.41, 5.74) is 0.967. The molecule has 0 fully saturated rings. The van der Waals surface area contributed by atoms with Gasteiger partial charge in [0.1, 0.15) is 0 Å². The zero-order chi connectivity index (χ0) is 12.8. The number of hydrogen-bond donors (Lipinski definition) is 2. The first-order chi connectivity index (χ1) is 8.72. The molecule has 0 amide bonds. The lowest BCUT2D eigenvalue weighted by Crippen LogP contribution is -2.44. The third-order valence-corrected chi connectivity index (χ3v) is 2.59. The van der Waals surface area contributed by atoms with Gasteiger partial charge in [-0.05, 0) is 31.2 Å². The van der Waals surface area contributed by atoms with Gasteiger partial charge in [-0.15, -0.1) is 0 Å². The van der Waals surface area contributed by atoms with Crippen LogP contribution in [0.4, 0.5) is 11.4 Å². The Labute approximate surface area is 107 Å². The molecule has 0 unspecified atom stereocenters. The summed E-state index contributed by atoms with van der Waals surface area (Å²) in [5, 5.41) is 6.35. The minimum Gasteiger partial charge on any atom is -0.357 e. The summed E-state index contributed by atoms with van der Waals surface area (Å²) in [7, 11) is 0. The maximum Gasteiger partial charge on any atom is 0.165 e. The van der Waals surface area contributed by atoms with Crippen molar-refractivity contribution in [3.8, 4) is 0 Å². The summed E-state index contributed by atoms with van der Waals surface area (Å²) in [5.74, 6) is 0. The molecule has 2 rings (SSSR count). The van der Waals surface area contributed by atoms with Crippen molar-refractivity contribution in [3.05, 3.63) is 60.7 Å². The van der Waals surface area contributed by atoms with Crippen LogP contribution in [0.1, 0.15) is 6.92 Å². The van der Waals surface area contributed by atoms with Crippen molar-refractivity contribution in [2.75, 3.05) is 10.6 Å². The maximum atomic E-state index is 11.3. The number of nitrogens with one attached hydrogen (secondary N) is 2. The first kappa shape index (κ1) is 12.2. The van der Waals surface area contributed by atoms with Crippen molar-refractivity contribution < 1.29 is 4.79 Å². The first-order valence-electron chi connectivity index (χ1n) is 5.85. The van der Waals surface area contributed by atoms with Gasteiger partial charge < -0.3 is 10.6 Å². The fraction of sp³-hybridized carbons (Fsp3) is 0.133. The van der Waals surface area contributed by atoms with Crippen LogP contribution in [0.2, 0.25) is 0 Å². The Balaban J connectivity index is 2.13. The molecule has 3 heteroatoms. The van der Waals surface area contributed by atoms with Gasteiger partial charge in [-0.3, -0.25) is 4.79 Å². The molecule has 2 aromatic carbocycles. The molecule has 0 saturated heterocycles. The zero-order valence-corrected chi connectivity index (χ0v) is 10.3. The molecule has 18 heavy (non-hydrogen) atoms. The van der Waals surface area contributed by atoms with E-state index in [2.05, 4.69) is 10.6 Å². The molecular weight excluding hydrogens is 224 g/mol. The van der Waals surface area contributed by atoms with Crippen molar-refractivity contribution in [2.45, 2.75) is 12.6 Å². The average Bonchev–Trinajstić information content (AvgIpc) is 2.41. The Morgan fingerprint density at radius 1 is 0.833 bits per heavy atom. The van der Waals surface area contributed by atoms with Crippen LogP contribution >= 0.6 is 0 Å². The SMILES string of the molecule is CC(C=O)(Nc1ccccc1)Nc1ccccc1. The minimum atomic E-state index is -0.831. The van der Waals surface area contributed by atoms with Crippen LogP contribution in [0.5, 0.6) is 0 Å². The Hall–Kier alpha value is -2.29. The number of aldehydes is 1. The molecule has 0 aliphatic heterocycles. The van der Waals surface area contributed by atoms with Gasteiger partial charge in [0.15, 0.2) is 11.9 Å². The third kappa shape index (κ3) is 3.10. The Bertz CT molecular complexity index is 455. The molecule has 0 aromatic heterocycles. The Kier molecular flexibility index (Phi) is 3.63. The van der Waals surface area contributed by atoms with Gasteiger partial charge >= 0.3 is 0 Å². The van der Waals surface area contributed by atoms with Crippen molar-refractivity contribution in [2.24, 2.45) is 0 Å². The van der Waals surface area contributed by atoms with Crippen LogP contribution in [-0.4, -0.2) is 11.9 Å². The van der Waals surface area contributed by atoms with E-state index >= 15 is 0 Å². The van der Waals surface area contributed by atoms with Gasteiger partial charge in [0.25, 0.3) is 0 Å². The van der Waals surface area contributed by atoms with E-state index in [9.17, 15) is 4.79 Å². The average molecular weight is 240 g/mol. The highest BCUT2D eigenvalue weighted by Gasteiger charge is 2.22. The molecule has 0 spiro atoms. The molecule has 0 aliphatic carbocycles. The normalized spacial score (nSPS) is 10.7. The molecule has 3 nitrogen and oxygen atoms in total. The van der Waals surface area contributed by atoms with Crippen molar-refractivity contribution in [3.63, 3.8) is 0 Å². The van der Waals surface area contributed by atoms with Gasteiger partial charge in [-0.25, -0.2) is 0 Å². The van der Waals surface area contributed by atoms with E-state index in [4.69, 9.17) is 0 Å². The zero-order valence-electron chi connectivity index (χ0n) is 10.3. The molecule has 0 aliphatic rings. The van der Waals surface area contributed by atoms with Crippen LogP contribution in [0.25, 0.3) is 0 Å². The Morgan fingerprint density at radius 2 is 1.22 bits per heavy atom. The number of carbonyl (C=O) groups is 1. The fourth-order valence-corrected chi connectivity index (χ4v) is 1.73. The van der Waals surface area contributed by atoms with Crippen LogP contribution in [0, 0.1) is 0 Å². The second-order valence-electron chi connectivity index (χ2n) is 4.30. The van der Waals surface area contributed by atoms with Crippen molar-refractivity contribution in [1.29, 1.82) is 0 Å². The molecule has 0 atom stereocenters. The molecule has 92 valence electrons. The van der Waals surface area contributed by atoms with E-state index in [0.29, 0.717) is 0 Å². The number of hydrogen-bond acceptors (Lipinski definition) is 3. The van der Waals surface area contributed by atoms with Crippen LogP contribution in [0.3, 0.4) is 0 Å². The Morgan fingerprint density at radius 3 is 1.56 bits per heavy atom. The van der Waals surface area contributed by atoms with Gasteiger partial charge in [-0.2, -0.15) is 0 Å². The first-order valence-corrected chi connectivity index (χ1v) is 5.85. The summed E-state index contributed by atoms with van der Waals surface area (Å²) in [6.07, 6.45) is 0.868. The quantitative estimate of drug-likeness (QED) is 0.623. The van der Waals surface area contributed by atoms with Crippen molar-refractivity contribution in [1.82, 2.24) is 0 Å². The summed E-state index contributed by atoms with van der Waals surface area (Å²) < 4.78 is 0. The number of anilines is 2. The van der Waals surface area contributed by atoms with Gasteiger partial charge in [0.05, 0.1) is 0 Å². The molecule has 0 radical (unpaired) electrons. The highest BCUT2D eigenvalue weighted by Crippen LogP contribution is 2.16. The molecule has 0 heterocycles. The number of rotatable bonds is 5. The van der Waals surface area contributed by atoms with Gasteiger partial charge in [-0.1, -0.05) is 36.4 Å². The smallest absolute Gasteiger partial charge is 0.165 e. The van der Waals surface area contributed by atoms with E-state index in [1.54, 1.807) is 6.92 Å². The molecule has 0 bridgehead atoms. The van der Waals surface area contributed by atoms with Crippen LogP contribution in [0.15, 0.2) is 60.7 Å². The summed E-state index contributed by atoms with van der Waals surface area (Å²) in [6.45, 7) is 1.81. The van der Waals surface area contributed by atoms with E-state index in [1.807, 2.05) is 60.7 Å². The minimum absolute atomic E-state index is 0.831. The summed E-state index contributed by atoms with van der Waals surface area (Å²) >= 11 is 0. The van der Waals surface area contributed by atoms with Crippen molar-refractivity contribution >= 4 is 17.7 Å². The van der Waals surface area contributed by atoms with E-state index in [-0.39, 0.29) is 0 Å². The van der Waals surface area contributed by atoms with E-state index in [0.717, 1.165) is 17.7 Å². The lowest BCUT2D eigenvalue weighted by Gasteiger charge is -2.28. The number of carbonyl (C=O) groups excluding carboxylic acids is 1. The van der Waals surface area contributed by atoms with Gasteiger partial charge in [0.2, 0.25) is 0 Å². The molecule has 2 aromatic rings. The fourth-order valence-electron chi connectivity index (χ4n) is 1.73. The third-order valence-electron chi connectivity index (χ3n) is 2.59. The lowest BCUT2D eigenvalue weighted by molar-refractivity contribution is -0.110. The second-order valence-corrected chi connectivity index (χ2v) is 4.30. The van der Waals surface area contributed by atoms with Crippen LogP contribution in [-0.2, 0) is 4.79 Å². The topological polar surface area (TPSA) is 41.1 Å². The highest BCUT2D eigenvalue weighted by atomic mass is 16.1. The highest BCUT2D eigenvalue weighted by molar-refractivity contribution is 5.74. The largest absolute Gasteiger partial charge is 0.357 e. The predicted octanol–water partition coefficient (Wildman–Crippen LogP) is 3.13. The van der Waals surface area contributed by atoms with E-state index in [1.165, 1.54) is 0 Å². The van der Waals surface area contributed by atoms with Crippen LogP contribution < -0.4 is 10.6 Å². The van der Waals surface area contributed by atoms with E-state index < -0.39 is 5.66 Å². The second kappa shape index (κ2) is 5.36. The monoisotopic (exact) mass is 240 g/mol. The number of benzene rings is 2.